The minimum Gasteiger partial charge on any atom is -0.371 e. The number of thiazole rings is 2. The Morgan fingerprint density at radius 1 is 1.09 bits per heavy atom. The van der Waals surface area contributed by atoms with Crippen molar-refractivity contribution in [1.29, 1.82) is 0 Å². The highest BCUT2D eigenvalue weighted by molar-refractivity contribution is 7.20. The molecule has 0 aliphatic carbocycles. The van der Waals surface area contributed by atoms with E-state index in [-0.39, 0.29) is 18.2 Å². The van der Waals surface area contributed by atoms with Crippen molar-refractivity contribution in [2.45, 2.75) is 12.6 Å². The van der Waals surface area contributed by atoms with Crippen molar-refractivity contribution in [3.63, 3.8) is 0 Å². The number of nitrogens with one attached hydrogen (secondary N) is 1. The molecule has 1 saturated heterocycles. The van der Waals surface area contributed by atoms with Gasteiger partial charge in [-0.05, 0) is 41.9 Å². The number of likely N-dealkylation sites (N-methyl/N-ethyl adjacent to an activating group) is 1. The summed E-state index contributed by atoms with van der Waals surface area (Å²) in [7, 11) is 2.11. The number of fused-ring (bicyclic) bond motifs is 1. The van der Waals surface area contributed by atoms with Gasteiger partial charge in [0.2, 0.25) is 5.95 Å². The van der Waals surface area contributed by atoms with Gasteiger partial charge in [-0.1, -0.05) is 49.0 Å². The molecule has 0 amide bonds. The Bertz CT molecular complexity index is 1990. The van der Waals surface area contributed by atoms with Crippen molar-refractivity contribution in [2.24, 2.45) is 0 Å². The van der Waals surface area contributed by atoms with E-state index in [1.807, 2.05) is 53.9 Å². The average Bonchev–Trinajstić information content (AvgIpc) is 3.75. The standard InChI is InChI=1S/C33H29N7O2S2/c1-21(22-6-4-3-5-7-22)26-16-24-17-35-33(37-25-10-8-23(9-11-25)28-19-39(2)13-14-42-28)38-30(24)40(32(26)41)18-27-29(44-20-36-27)31-34-12-15-43-31/h3-12,15-17,20,28H,1,13-14,18-19H2,2H3,(H,35,37,38). The first kappa shape index (κ1) is 28.2. The number of morpholine rings is 1. The molecule has 1 aliphatic heterocycles. The Morgan fingerprint density at radius 3 is 2.70 bits per heavy atom. The zero-order chi connectivity index (χ0) is 30.0. The second-order valence-corrected chi connectivity index (χ2v) is 12.3. The van der Waals surface area contributed by atoms with Crippen molar-refractivity contribution in [1.82, 2.24) is 29.4 Å². The number of benzene rings is 2. The van der Waals surface area contributed by atoms with Gasteiger partial charge in [-0.25, -0.2) is 15.0 Å². The molecular weight excluding hydrogens is 591 g/mol. The van der Waals surface area contributed by atoms with E-state index in [0.29, 0.717) is 22.7 Å². The van der Waals surface area contributed by atoms with Crippen LogP contribution in [0.3, 0.4) is 0 Å². The summed E-state index contributed by atoms with van der Waals surface area (Å²) in [4.78, 5) is 35.9. The van der Waals surface area contributed by atoms with Gasteiger partial charge in [0, 0.05) is 47.5 Å². The van der Waals surface area contributed by atoms with Crippen LogP contribution in [0.1, 0.15) is 28.5 Å². The molecule has 1 atom stereocenters. The number of ether oxygens (including phenoxy) is 1. The maximum Gasteiger partial charge on any atom is 0.260 e. The lowest BCUT2D eigenvalue weighted by Crippen LogP contribution is -2.35. The van der Waals surface area contributed by atoms with Gasteiger partial charge in [0.1, 0.15) is 10.7 Å². The van der Waals surface area contributed by atoms with E-state index in [1.54, 1.807) is 33.8 Å². The van der Waals surface area contributed by atoms with Crippen LogP contribution in [-0.2, 0) is 11.3 Å². The lowest BCUT2D eigenvalue weighted by atomic mass is 10.00. The quantitative estimate of drug-likeness (QED) is 0.214. The minimum absolute atomic E-state index is 0.0500. The SMILES string of the molecule is C=C(c1ccccc1)c1cc2cnc(Nc3ccc(C4CN(C)CCO4)cc3)nc2n(Cc2ncsc2-c2nccs2)c1=O. The average molecular weight is 620 g/mol. The summed E-state index contributed by atoms with van der Waals surface area (Å²) in [6.07, 6.45) is 3.56. The molecule has 1 fully saturated rings. The molecule has 1 aliphatic rings. The molecule has 5 heterocycles. The second kappa shape index (κ2) is 12.2. The van der Waals surface area contributed by atoms with Crippen LogP contribution in [0.5, 0.6) is 0 Å². The third kappa shape index (κ3) is 5.70. The van der Waals surface area contributed by atoms with Crippen molar-refractivity contribution in [3.05, 3.63) is 123 Å². The molecule has 0 bridgehead atoms. The number of rotatable bonds is 8. The maximum absolute atomic E-state index is 14.2. The predicted molar refractivity (Wildman–Crippen MR) is 177 cm³/mol. The molecule has 0 saturated carbocycles. The number of aromatic nitrogens is 5. The van der Waals surface area contributed by atoms with Crippen LogP contribution in [0.2, 0.25) is 0 Å². The highest BCUT2D eigenvalue weighted by Crippen LogP contribution is 2.31. The molecule has 1 unspecified atom stereocenters. The number of pyridine rings is 1. The third-order valence-electron chi connectivity index (χ3n) is 7.66. The lowest BCUT2D eigenvalue weighted by Gasteiger charge is -2.30. The Morgan fingerprint density at radius 2 is 1.93 bits per heavy atom. The van der Waals surface area contributed by atoms with Crippen LogP contribution in [0.4, 0.5) is 11.6 Å². The van der Waals surface area contributed by atoms with Crippen LogP contribution in [-0.4, -0.2) is 56.1 Å². The van der Waals surface area contributed by atoms with Crippen LogP contribution < -0.4 is 10.9 Å². The van der Waals surface area contributed by atoms with E-state index in [1.165, 1.54) is 11.3 Å². The van der Waals surface area contributed by atoms with E-state index in [9.17, 15) is 4.79 Å². The van der Waals surface area contributed by atoms with E-state index >= 15 is 0 Å². The third-order valence-corrected chi connectivity index (χ3v) is 9.45. The summed E-state index contributed by atoms with van der Waals surface area (Å²) < 4.78 is 7.63. The van der Waals surface area contributed by atoms with Crippen LogP contribution in [0.25, 0.3) is 26.5 Å². The molecule has 9 nitrogen and oxygen atoms in total. The summed E-state index contributed by atoms with van der Waals surface area (Å²) in [6.45, 7) is 7.03. The van der Waals surface area contributed by atoms with Gasteiger partial charge < -0.3 is 15.0 Å². The Labute approximate surface area is 262 Å². The highest BCUT2D eigenvalue weighted by Gasteiger charge is 2.21. The van der Waals surface area contributed by atoms with Gasteiger partial charge >= 0.3 is 0 Å². The summed E-state index contributed by atoms with van der Waals surface area (Å²) in [6, 6.07) is 19.7. The summed E-state index contributed by atoms with van der Waals surface area (Å²) >= 11 is 3.05. The van der Waals surface area contributed by atoms with Crippen LogP contribution in [0.15, 0.2) is 95.3 Å². The molecule has 6 aromatic rings. The monoisotopic (exact) mass is 619 g/mol. The van der Waals surface area contributed by atoms with E-state index in [0.717, 1.165) is 57.5 Å². The topological polar surface area (TPSA) is 98.1 Å². The number of nitrogens with zero attached hydrogens (tertiary/aromatic N) is 6. The Balaban J connectivity index is 1.26. The largest absolute Gasteiger partial charge is 0.371 e. The molecular formula is C33H29N7O2S2. The first-order chi connectivity index (χ1) is 21.5. The molecule has 220 valence electrons. The number of anilines is 2. The second-order valence-electron chi connectivity index (χ2n) is 10.6. The van der Waals surface area contributed by atoms with Gasteiger partial charge in [0.05, 0.1) is 35.3 Å². The highest BCUT2D eigenvalue weighted by atomic mass is 32.1. The molecule has 0 spiro atoms. The lowest BCUT2D eigenvalue weighted by molar-refractivity contribution is -0.0208. The normalized spacial score (nSPS) is 15.4. The molecule has 1 N–H and O–H groups in total. The van der Waals surface area contributed by atoms with Gasteiger partial charge in [-0.15, -0.1) is 22.7 Å². The molecule has 2 aromatic carbocycles. The predicted octanol–water partition coefficient (Wildman–Crippen LogP) is 6.23. The fourth-order valence-corrected chi connectivity index (χ4v) is 6.89. The maximum atomic E-state index is 14.2. The Hall–Kier alpha value is -4.55. The summed E-state index contributed by atoms with van der Waals surface area (Å²) in [5.74, 6) is 0.389. The Kier molecular flexibility index (Phi) is 7.84. The van der Waals surface area contributed by atoms with E-state index < -0.39 is 0 Å². The fourth-order valence-electron chi connectivity index (χ4n) is 5.31. The summed E-state index contributed by atoms with van der Waals surface area (Å²) in [5.41, 5.74) is 6.82. The van der Waals surface area contributed by atoms with Crippen molar-refractivity contribution >= 4 is 50.9 Å². The van der Waals surface area contributed by atoms with Crippen molar-refractivity contribution < 1.29 is 4.74 Å². The van der Waals surface area contributed by atoms with Gasteiger partial charge in [0.25, 0.3) is 5.56 Å². The van der Waals surface area contributed by atoms with Gasteiger partial charge in [-0.2, -0.15) is 4.98 Å². The smallest absolute Gasteiger partial charge is 0.260 e. The van der Waals surface area contributed by atoms with Gasteiger partial charge in [-0.3, -0.25) is 9.36 Å². The van der Waals surface area contributed by atoms with Gasteiger partial charge in [0.15, 0.2) is 0 Å². The minimum atomic E-state index is -0.198. The fraction of sp³-hybridized carbons (Fsp3) is 0.182. The zero-order valence-electron chi connectivity index (χ0n) is 24.0. The zero-order valence-corrected chi connectivity index (χ0v) is 25.6. The van der Waals surface area contributed by atoms with Crippen molar-refractivity contribution in [3.8, 4) is 9.88 Å². The number of hydrogen-bond donors (Lipinski definition) is 1. The molecule has 4 aromatic heterocycles. The van der Waals surface area contributed by atoms with Crippen LogP contribution >= 0.6 is 22.7 Å². The molecule has 44 heavy (non-hydrogen) atoms. The van der Waals surface area contributed by atoms with Crippen molar-refractivity contribution in [2.75, 3.05) is 32.1 Å². The molecule has 7 rings (SSSR count). The van der Waals surface area contributed by atoms with Crippen LogP contribution in [0, 0.1) is 0 Å². The molecule has 11 heteroatoms. The summed E-state index contributed by atoms with van der Waals surface area (Å²) in [5, 5.41) is 6.84. The van der Waals surface area contributed by atoms with E-state index in [4.69, 9.17) is 9.72 Å². The number of hydrogen-bond acceptors (Lipinski definition) is 10. The first-order valence-electron chi connectivity index (χ1n) is 14.2. The van der Waals surface area contributed by atoms with E-state index in [2.05, 4.69) is 50.9 Å². The first-order valence-corrected chi connectivity index (χ1v) is 15.9. The molecule has 0 radical (unpaired) electrons.